The number of hydrogen-bond acceptors (Lipinski definition) is 4. The molecule has 20 heavy (non-hydrogen) atoms. The number of nitrogens with two attached hydrogens (primary N) is 1. The topological polar surface area (TPSA) is 70.4 Å². The number of hydrogen-bond donors (Lipinski definition) is 3. The van der Waals surface area contributed by atoms with Crippen molar-refractivity contribution in [1.82, 2.24) is 10.2 Å². The summed E-state index contributed by atoms with van der Waals surface area (Å²) < 4.78 is 0. The Balaban J connectivity index is 2.58. The molecule has 0 aromatic heterocycles. The first-order valence-electron chi connectivity index (χ1n) is 7.20. The highest BCUT2D eigenvalue weighted by Gasteiger charge is 2.09. The molecule has 0 fully saturated rings. The molecule has 0 aliphatic heterocycles. The highest BCUT2D eigenvalue weighted by molar-refractivity contribution is 6.00. The fraction of sp³-hybridized carbons (Fsp3) is 0.533. The van der Waals surface area contributed by atoms with Gasteiger partial charge in [-0.2, -0.15) is 0 Å². The molecule has 4 N–H and O–H groups in total. The van der Waals surface area contributed by atoms with Crippen molar-refractivity contribution < 1.29 is 4.79 Å². The largest absolute Gasteiger partial charge is 0.399 e. The summed E-state index contributed by atoms with van der Waals surface area (Å²) in [7, 11) is 1.63. The molecule has 1 aromatic carbocycles. The predicted octanol–water partition coefficient (Wildman–Crippen LogP) is 1.77. The van der Waals surface area contributed by atoms with Crippen molar-refractivity contribution in [2.45, 2.75) is 20.3 Å². The molecule has 0 unspecified atom stereocenters. The average molecular weight is 278 g/mol. The van der Waals surface area contributed by atoms with Gasteiger partial charge in [-0.15, -0.1) is 0 Å². The van der Waals surface area contributed by atoms with E-state index in [0.29, 0.717) is 11.3 Å². The number of amides is 1. The van der Waals surface area contributed by atoms with Gasteiger partial charge in [-0.1, -0.05) is 13.8 Å². The molecule has 5 heteroatoms. The van der Waals surface area contributed by atoms with Crippen LogP contribution in [0, 0.1) is 0 Å². The lowest BCUT2D eigenvalue weighted by molar-refractivity contribution is 0.0964. The van der Waals surface area contributed by atoms with E-state index in [4.69, 9.17) is 5.73 Å². The van der Waals surface area contributed by atoms with E-state index >= 15 is 0 Å². The maximum Gasteiger partial charge on any atom is 0.253 e. The lowest BCUT2D eigenvalue weighted by atomic mass is 10.1. The molecule has 1 aromatic rings. The first-order chi connectivity index (χ1) is 9.62. The molecule has 0 saturated carbocycles. The van der Waals surface area contributed by atoms with Crippen molar-refractivity contribution >= 4 is 17.3 Å². The molecule has 0 saturated heterocycles. The van der Waals surface area contributed by atoms with Crippen molar-refractivity contribution in [2.24, 2.45) is 0 Å². The van der Waals surface area contributed by atoms with Gasteiger partial charge in [-0.05, 0) is 44.3 Å². The molecular formula is C15H26N4O. The molecule has 0 spiro atoms. The first kappa shape index (κ1) is 16.3. The van der Waals surface area contributed by atoms with Gasteiger partial charge >= 0.3 is 0 Å². The van der Waals surface area contributed by atoms with Crippen LogP contribution in [0.5, 0.6) is 0 Å². The Morgan fingerprint density at radius 1 is 1.30 bits per heavy atom. The lowest BCUT2D eigenvalue weighted by Crippen LogP contribution is -2.26. The maximum absolute atomic E-state index is 11.8. The Morgan fingerprint density at radius 3 is 2.60 bits per heavy atom. The van der Waals surface area contributed by atoms with Crippen LogP contribution in [-0.4, -0.2) is 44.0 Å². The number of rotatable bonds is 8. The van der Waals surface area contributed by atoms with Gasteiger partial charge in [-0.25, -0.2) is 0 Å². The minimum absolute atomic E-state index is 0.101. The summed E-state index contributed by atoms with van der Waals surface area (Å²) in [5, 5.41) is 5.95. The maximum atomic E-state index is 11.8. The second-order valence-corrected chi connectivity index (χ2v) is 4.69. The third-order valence-corrected chi connectivity index (χ3v) is 3.38. The van der Waals surface area contributed by atoms with Gasteiger partial charge in [-0.3, -0.25) is 4.79 Å². The number of nitrogen functional groups attached to an aromatic ring is 1. The smallest absolute Gasteiger partial charge is 0.253 e. The Labute approximate surface area is 121 Å². The van der Waals surface area contributed by atoms with Gasteiger partial charge in [0, 0.05) is 25.0 Å². The second kappa shape index (κ2) is 8.43. The summed E-state index contributed by atoms with van der Waals surface area (Å²) >= 11 is 0. The van der Waals surface area contributed by atoms with Crippen LogP contribution in [-0.2, 0) is 0 Å². The summed E-state index contributed by atoms with van der Waals surface area (Å²) in [6.45, 7) is 8.34. The zero-order chi connectivity index (χ0) is 15.0. The van der Waals surface area contributed by atoms with Crippen molar-refractivity contribution in [3.05, 3.63) is 23.8 Å². The first-order valence-corrected chi connectivity index (χ1v) is 7.20. The molecule has 0 atom stereocenters. The molecule has 5 nitrogen and oxygen atoms in total. The van der Waals surface area contributed by atoms with Crippen LogP contribution in [0.2, 0.25) is 0 Å². The third kappa shape index (κ3) is 4.74. The molecule has 112 valence electrons. The number of anilines is 2. The molecule has 0 heterocycles. The Bertz CT molecular complexity index is 430. The lowest BCUT2D eigenvalue weighted by Gasteiger charge is -2.18. The Kier molecular flexibility index (Phi) is 6.87. The Morgan fingerprint density at radius 2 is 2.00 bits per heavy atom. The van der Waals surface area contributed by atoms with Crippen LogP contribution in [0.25, 0.3) is 0 Å². The predicted molar refractivity (Wildman–Crippen MR) is 85.1 cm³/mol. The van der Waals surface area contributed by atoms with Crippen LogP contribution >= 0.6 is 0 Å². The standard InChI is InChI=1S/C15H26N4O/c1-4-19(5-2)10-6-9-18-14-11-12(16)7-8-13(14)15(20)17-3/h7-8,11,18H,4-6,9-10,16H2,1-3H3,(H,17,20). The van der Waals surface area contributed by atoms with E-state index in [0.717, 1.165) is 38.3 Å². The summed E-state index contributed by atoms with van der Waals surface area (Å²) in [5.74, 6) is -0.101. The summed E-state index contributed by atoms with van der Waals surface area (Å²) in [6, 6.07) is 5.30. The minimum Gasteiger partial charge on any atom is -0.399 e. The van der Waals surface area contributed by atoms with Crippen molar-refractivity contribution in [3.63, 3.8) is 0 Å². The van der Waals surface area contributed by atoms with Crippen LogP contribution in [0.15, 0.2) is 18.2 Å². The summed E-state index contributed by atoms with van der Waals surface area (Å²) in [5.41, 5.74) is 7.87. The molecular weight excluding hydrogens is 252 g/mol. The van der Waals surface area contributed by atoms with Crippen molar-refractivity contribution in [2.75, 3.05) is 44.3 Å². The SMILES string of the molecule is CCN(CC)CCCNc1cc(N)ccc1C(=O)NC. The summed E-state index contributed by atoms with van der Waals surface area (Å²) in [4.78, 5) is 14.2. The second-order valence-electron chi connectivity index (χ2n) is 4.69. The van der Waals surface area contributed by atoms with Gasteiger partial charge in [0.05, 0.1) is 5.56 Å². The van der Waals surface area contributed by atoms with Crippen LogP contribution in [0.3, 0.4) is 0 Å². The normalized spacial score (nSPS) is 10.6. The molecule has 0 aliphatic rings. The fourth-order valence-electron chi connectivity index (χ4n) is 2.11. The highest BCUT2D eigenvalue weighted by atomic mass is 16.1. The minimum atomic E-state index is -0.101. The van der Waals surface area contributed by atoms with E-state index in [1.807, 2.05) is 6.07 Å². The van der Waals surface area contributed by atoms with Gasteiger partial charge in [0.2, 0.25) is 0 Å². The summed E-state index contributed by atoms with van der Waals surface area (Å²) in [6.07, 6.45) is 1.03. The van der Waals surface area contributed by atoms with Crippen LogP contribution in [0.4, 0.5) is 11.4 Å². The van der Waals surface area contributed by atoms with Crippen LogP contribution < -0.4 is 16.4 Å². The number of carbonyl (C=O) groups excluding carboxylic acids is 1. The monoisotopic (exact) mass is 278 g/mol. The molecule has 0 bridgehead atoms. The molecule has 0 radical (unpaired) electrons. The number of carbonyl (C=O) groups is 1. The zero-order valence-electron chi connectivity index (χ0n) is 12.7. The molecule has 0 aliphatic carbocycles. The van der Waals surface area contributed by atoms with Gasteiger partial charge in [0.25, 0.3) is 5.91 Å². The van der Waals surface area contributed by atoms with E-state index < -0.39 is 0 Å². The molecule has 1 amide bonds. The van der Waals surface area contributed by atoms with E-state index in [9.17, 15) is 4.79 Å². The quantitative estimate of drug-likeness (QED) is 0.501. The third-order valence-electron chi connectivity index (χ3n) is 3.38. The molecule has 1 rings (SSSR count). The van der Waals surface area contributed by atoms with Gasteiger partial charge < -0.3 is 21.3 Å². The van der Waals surface area contributed by atoms with E-state index in [1.54, 1.807) is 19.2 Å². The van der Waals surface area contributed by atoms with Crippen LogP contribution in [0.1, 0.15) is 30.6 Å². The van der Waals surface area contributed by atoms with E-state index in [2.05, 4.69) is 29.4 Å². The average Bonchev–Trinajstić information content (AvgIpc) is 2.47. The fourth-order valence-corrected chi connectivity index (χ4v) is 2.11. The van der Waals surface area contributed by atoms with Gasteiger partial charge in [0.15, 0.2) is 0 Å². The zero-order valence-corrected chi connectivity index (χ0v) is 12.7. The number of nitrogens with zero attached hydrogens (tertiary/aromatic N) is 1. The van der Waals surface area contributed by atoms with E-state index in [-0.39, 0.29) is 5.91 Å². The Hall–Kier alpha value is -1.75. The van der Waals surface area contributed by atoms with Crippen molar-refractivity contribution in [1.29, 1.82) is 0 Å². The van der Waals surface area contributed by atoms with Gasteiger partial charge in [0.1, 0.15) is 0 Å². The highest BCUT2D eigenvalue weighted by Crippen LogP contribution is 2.19. The number of nitrogens with one attached hydrogen (secondary N) is 2. The van der Waals surface area contributed by atoms with Crippen molar-refractivity contribution in [3.8, 4) is 0 Å². The van der Waals surface area contributed by atoms with E-state index in [1.165, 1.54) is 0 Å². The number of benzene rings is 1.